The van der Waals surface area contributed by atoms with Crippen LogP contribution in [0.15, 0.2) is 0 Å². The molecule has 0 rings (SSSR count). The summed E-state index contributed by atoms with van der Waals surface area (Å²) in [6, 6.07) is 0. The van der Waals surface area contributed by atoms with Crippen LogP contribution in [0.25, 0.3) is 0 Å². The van der Waals surface area contributed by atoms with Gasteiger partial charge in [-0.3, -0.25) is 8.42 Å². The van der Waals surface area contributed by atoms with E-state index in [-0.39, 0.29) is 97.8 Å². The van der Waals surface area contributed by atoms with Crippen LogP contribution in [0.2, 0.25) is 0 Å². The summed E-state index contributed by atoms with van der Waals surface area (Å²) in [5.74, 6) is 0. The van der Waals surface area contributed by atoms with Crippen molar-refractivity contribution in [2.75, 3.05) is 0 Å². The molecule has 0 amide bonds. The number of hydrogen-bond acceptors (Lipinski definition) is 4. The summed E-state index contributed by atoms with van der Waals surface area (Å²) in [6.45, 7) is 0. The van der Waals surface area contributed by atoms with E-state index < -0.39 is 10.4 Å². The summed E-state index contributed by atoms with van der Waals surface area (Å²) in [7, 11) is -5.17. The van der Waals surface area contributed by atoms with Crippen LogP contribution in [0.1, 0.15) is 0 Å². The Morgan fingerprint density at radius 1 is 1.12 bits per heavy atom. The fourth-order valence-corrected chi connectivity index (χ4v) is 0. The van der Waals surface area contributed by atoms with Crippen LogP contribution >= 0.6 is 0 Å². The van der Waals surface area contributed by atoms with Crippen molar-refractivity contribution >= 4 is 10.4 Å². The van der Waals surface area contributed by atoms with Crippen molar-refractivity contribution in [2.45, 2.75) is 0 Å². The summed E-state index contributed by atoms with van der Waals surface area (Å²) in [5.41, 5.74) is 0. The van der Waals surface area contributed by atoms with Gasteiger partial charge in [0.1, 0.15) is 0 Å². The molecule has 48 valence electrons. The van der Waals surface area contributed by atoms with Gasteiger partial charge in [0.15, 0.2) is 0 Å². The van der Waals surface area contributed by atoms with E-state index in [0.29, 0.717) is 0 Å². The molecule has 0 saturated heterocycles. The molecule has 8 heavy (non-hydrogen) atoms. The maximum absolute atomic E-state index is 8.52. The molecule has 0 radical (unpaired) electrons. The van der Waals surface area contributed by atoms with Crippen LogP contribution in [0.3, 0.4) is 0 Å². The standard InChI is InChI=1S/ClH.Cs.Ni.H2O4S/c;;;1-5(2,3)4/h1H;;;(H2,1,2,3,4)/q;+1;+2;/p-3. The molecule has 0 bridgehead atoms. The Kier molecular flexibility index (Phi) is 27.2. The van der Waals surface area contributed by atoms with Gasteiger partial charge in [0, 0.05) is 10.4 Å². The predicted molar refractivity (Wildman–Crippen MR) is 10.5 cm³/mol. The second kappa shape index (κ2) is 9.71. The zero-order valence-electron chi connectivity index (χ0n) is 3.74. The largest absolute Gasteiger partial charge is 2.00 e. The van der Waals surface area contributed by atoms with Gasteiger partial charge in [-0.15, -0.1) is 0 Å². The van der Waals surface area contributed by atoms with Crippen LogP contribution in [-0.2, 0) is 26.9 Å². The van der Waals surface area contributed by atoms with Crippen molar-refractivity contribution in [1.82, 2.24) is 0 Å². The van der Waals surface area contributed by atoms with Crippen LogP contribution < -0.4 is 81.3 Å². The van der Waals surface area contributed by atoms with E-state index in [1.807, 2.05) is 0 Å². The minimum absolute atomic E-state index is 0. The fraction of sp³-hybridized carbons (Fsp3) is 0. The number of rotatable bonds is 0. The second-order valence-electron chi connectivity index (χ2n) is 0.408. The number of halogens is 1. The molecule has 0 heterocycles. The molecule has 4 nitrogen and oxygen atoms in total. The van der Waals surface area contributed by atoms with Crippen molar-refractivity contribution in [3.05, 3.63) is 0 Å². The molecule has 0 aromatic heterocycles. The minimum Gasteiger partial charge on any atom is -1.00 e. The Morgan fingerprint density at radius 3 is 1.12 bits per heavy atom. The zero-order valence-corrected chi connectivity index (χ0v) is 12.6. The third-order valence-corrected chi connectivity index (χ3v) is 0. The first kappa shape index (κ1) is 22.4. The van der Waals surface area contributed by atoms with E-state index in [0.717, 1.165) is 0 Å². The van der Waals surface area contributed by atoms with Gasteiger partial charge >= 0.3 is 85.4 Å². The van der Waals surface area contributed by atoms with Crippen LogP contribution in [0.4, 0.5) is 0 Å². The molecule has 0 fully saturated rings. The zero-order chi connectivity index (χ0) is 4.50. The van der Waals surface area contributed by atoms with Gasteiger partial charge < -0.3 is 21.5 Å². The molecule has 0 aliphatic heterocycles. The average molecular weight is 323 g/mol. The fourth-order valence-electron chi connectivity index (χ4n) is 0. The third-order valence-electron chi connectivity index (χ3n) is 0. The topological polar surface area (TPSA) is 80.3 Å². The van der Waals surface area contributed by atoms with E-state index >= 15 is 0 Å². The Bertz CT molecular complexity index is 99.2. The Labute approximate surface area is 123 Å². The quantitative estimate of drug-likeness (QED) is 0.252. The van der Waals surface area contributed by atoms with Crippen molar-refractivity contribution < 1.29 is 115 Å². The smallest absolute Gasteiger partial charge is 1.00 e. The average Bonchev–Trinajstić information content (AvgIpc) is 0.722. The molecule has 8 heteroatoms. The molecular weight excluding hydrogens is 323 g/mol. The van der Waals surface area contributed by atoms with Gasteiger partial charge in [-0.2, -0.15) is 0 Å². The molecule has 0 saturated carbocycles. The summed E-state index contributed by atoms with van der Waals surface area (Å²) in [5, 5.41) is 0. The first-order valence-corrected chi connectivity index (χ1v) is 2.00. The first-order valence-electron chi connectivity index (χ1n) is 0.667. The van der Waals surface area contributed by atoms with Gasteiger partial charge in [-0.05, 0) is 0 Å². The molecule has 0 aromatic carbocycles. The van der Waals surface area contributed by atoms with Crippen LogP contribution in [0.5, 0.6) is 0 Å². The van der Waals surface area contributed by atoms with Gasteiger partial charge in [-0.1, -0.05) is 0 Å². The monoisotopic (exact) mass is 322 g/mol. The Hall–Kier alpha value is 2.71. The minimum atomic E-state index is -5.17. The van der Waals surface area contributed by atoms with Gasteiger partial charge in [-0.25, -0.2) is 0 Å². The van der Waals surface area contributed by atoms with Gasteiger partial charge in [0.2, 0.25) is 0 Å². The van der Waals surface area contributed by atoms with E-state index in [9.17, 15) is 0 Å². The van der Waals surface area contributed by atoms with E-state index in [2.05, 4.69) is 0 Å². The van der Waals surface area contributed by atoms with E-state index in [4.69, 9.17) is 17.5 Å². The van der Waals surface area contributed by atoms with Crippen molar-refractivity contribution in [3.63, 3.8) is 0 Å². The maximum atomic E-state index is 8.52. The summed E-state index contributed by atoms with van der Waals surface area (Å²) in [4.78, 5) is 0. The predicted octanol–water partition coefficient (Wildman–Crippen LogP) is -7.33. The molecule has 0 spiro atoms. The molecule has 0 N–H and O–H groups in total. The van der Waals surface area contributed by atoms with Gasteiger partial charge in [0.05, 0.1) is 0 Å². The van der Waals surface area contributed by atoms with Crippen LogP contribution in [0, 0.1) is 0 Å². The molecule has 0 atom stereocenters. The maximum Gasteiger partial charge on any atom is 2.00 e. The number of hydrogen-bond donors (Lipinski definition) is 0. The molecule has 0 aliphatic rings. The Morgan fingerprint density at radius 2 is 1.12 bits per heavy atom. The normalized spacial score (nSPS) is 7.25. The Balaban J connectivity index is -0.0000000267. The molecule has 0 aromatic rings. The first-order chi connectivity index (χ1) is 2.00. The second-order valence-corrected chi connectivity index (χ2v) is 1.22. The van der Waals surface area contributed by atoms with Crippen molar-refractivity contribution in [3.8, 4) is 0 Å². The molecular formula is ClCsNiO4S. The van der Waals surface area contributed by atoms with Gasteiger partial charge in [0.25, 0.3) is 0 Å². The summed E-state index contributed by atoms with van der Waals surface area (Å²) in [6.07, 6.45) is 0. The van der Waals surface area contributed by atoms with Crippen molar-refractivity contribution in [1.29, 1.82) is 0 Å². The summed E-state index contributed by atoms with van der Waals surface area (Å²) >= 11 is 0. The molecule has 0 unspecified atom stereocenters. The molecule has 0 aliphatic carbocycles. The van der Waals surface area contributed by atoms with Crippen LogP contribution in [-0.4, -0.2) is 17.5 Å². The van der Waals surface area contributed by atoms with E-state index in [1.54, 1.807) is 0 Å². The van der Waals surface area contributed by atoms with Crippen molar-refractivity contribution in [2.24, 2.45) is 0 Å². The SMILES string of the molecule is O=S(=O)([O-])[O-].[Cl-].[Cs+].[Ni+2]. The van der Waals surface area contributed by atoms with E-state index in [1.165, 1.54) is 0 Å². The summed E-state index contributed by atoms with van der Waals surface area (Å²) < 4.78 is 34.1. The third kappa shape index (κ3) is 70.6.